The Morgan fingerprint density at radius 3 is 2.65 bits per heavy atom. The van der Waals surface area contributed by atoms with Gasteiger partial charge in [-0.3, -0.25) is 9.00 Å². The largest absolute Gasteiger partial charge is 0.310 e. The number of fused-ring (bicyclic) bond motifs is 1. The van der Waals surface area contributed by atoms with Crippen LogP contribution in [0.25, 0.3) is 5.69 Å². The second-order valence-corrected chi connectivity index (χ2v) is 7.68. The van der Waals surface area contributed by atoms with E-state index in [4.69, 9.17) is 0 Å². The topological polar surface area (TPSA) is 64.0 Å². The fourth-order valence-corrected chi connectivity index (χ4v) is 4.68. The van der Waals surface area contributed by atoms with Crippen LogP contribution in [0.4, 0.5) is 5.82 Å². The Kier molecular flexibility index (Phi) is 3.77. The van der Waals surface area contributed by atoms with Crippen LogP contribution in [-0.4, -0.2) is 19.9 Å². The normalized spacial score (nSPS) is 20.6. The average molecular weight is 329 g/mol. The number of anilines is 1. The molecule has 1 saturated carbocycles. The van der Waals surface area contributed by atoms with E-state index in [2.05, 4.69) is 10.4 Å². The van der Waals surface area contributed by atoms with Crippen LogP contribution in [-0.2, 0) is 27.1 Å². The van der Waals surface area contributed by atoms with Gasteiger partial charge in [0.15, 0.2) is 0 Å². The minimum atomic E-state index is -0.907. The summed E-state index contributed by atoms with van der Waals surface area (Å²) < 4.78 is 13.6. The van der Waals surface area contributed by atoms with Gasteiger partial charge in [-0.2, -0.15) is 5.10 Å². The van der Waals surface area contributed by atoms with Crippen LogP contribution < -0.4 is 5.32 Å². The molecule has 6 heteroatoms. The van der Waals surface area contributed by atoms with Crippen LogP contribution in [0.1, 0.15) is 36.9 Å². The number of amides is 1. The lowest BCUT2D eigenvalue weighted by Crippen LogP contribution is -2.22. The van der Waals surface area contributed by atoms with Gasteiger partial charge in [0.25, 0.3) is 0 Å². The lowest BCUT2D eigenvalue weighted by atomic mass is 10.1. The Morgan fingerprint density at radius 1 is 1.17 bits per heavy atom. The van der Waals surface area contributed by atoms with E-state index in [9.17, 15) is 9.00 Å². The van der Waals surface area contributed by atoms with Gasteiger partial charge in [0, 0.05) is 22.3 Å². The first kappa shape index (κ1) is 14.6. The second kappa shape index (κ2) is 5.92. The Labute approximate surface area is 137 Å². The molecule has 0 radical (unpaired) electrons. The highest BCUT2D eigenvalue weighted by molar-refractivity contribution is 7.83. The zero-order chi connectivity index (χ0) is 15.8. The molecule has 1 aliphatic carbocycles. The SMILES string of the molecule is O=C(Nc1c2c(nn1-c1ccccc1)CS(=O)C2)C1CCCC1. The van der Waals surface area contributed by atoms with Crippen molar-refractivity contribution in [2.75, 3.05) is 5.32 Å². The number of nitrogens with zero attached hydrogens (tertiary/aromatic N) is 2. The number of carbonyl (C=O) groups excluding carboxylic acids is 1. The zero-order valence-corrected chi connectivity index (χ0v) is 13.6. The molecule has 5 nitrogen and oxygen atoms in total. The van der Waals surface area contributed by atoms with Gasteiger partial charge in [-0.05, 0) is 25.0 Å². The number of benzene rings is 1. The molecule has 0 spiro atoms. The molecule has 1 amide bonds. The molecule has 23 heavy (non-hydrogen) atoms. The Hall–Kier alpha value is -1.95. The number of aromatic nitrogens is 2. The van der Waals surface area contributed by atoms with Gasteiger partial charge in [0.05, 0.1) is 22.9 Å². The van der Waals surface area contributed by atoms with Crippen molar-refractivity contribution in [3.63, 3.8) is 0 Å². The van der Waals surface area contributed by atoms with Gasteiger partial charge in [-0.15, -0.1) is 0 Å². The standard InChI is InChI=1S/C17H19N3O2S/c21-17(12-6-4-5-7-12)18-16-14-10-23(22)11-15(14)19-20(16)13-8-2-1-3-9-13/h1-3,8-9,12H,4-7,10-11H2,(H,18,21). The molecule has 0 bridgehead atoms. The first-order valence-corrected chi connectivity index (χ1v) is 9.53. The number of nitrogens with one attached hydrogen (secondary N) is 1. The maximum absolute atomic E-state index is 12.5. The molecule has 1 N–H and O–H groups in total. The summed E-state index contributed by atoms with van der Waals surface area (Å²) in [4.78, 5) is 12.5. The molecule has 4 rings (SSSR count). The van der Waals surface area contributed by atoms with Crippen LogP contribution in [0.2, 0.25) is 0 Å². The zero-order valence-electron chi connectivity index (χ0n) is 12.8. The van der Waals surface area contributed by atoms with Crippen molar-refractivity contribution in [2.45, 2.75) is 37.2 Å². The molecule has 1 aromatic heterocycles. The van der Waals surface area contributed by atoms with E-state index in [1.165, 1.54) is 0 Å². The average Bonchev–Trinajstić information content (AvgIpc) is 3.26. The third-order valence-corrected chi connectivity index (χ3v) is 5.84. The van der Waals surface area contributed by atoms with Gasteiger partial charge < -0.3 is 5.32 Å². The highest BCUT2D eigenvalue weighted by Crippen LogP contribution is 2.33. The highest BCUT2D eigenvalue weighted by Gasteiger charge is 2.30. The first-order valence-electron chi connectivity index (χ1n) is 8.04. The van der Waals surface area contributed by atoms with Crippen LogP contribution in [0, 0.1) is 5.92 Å². The Morgan fingerprint density at radius 2 is 1.91 bits per heavy atom. The number of para-hydroxylation sites is 1. The van der Waals surface area contributed by atoms with Gasteiger partial charge in [-0.1, -0.05) is 31.0 Å². The van der Waals surface area contributed by atoms with E-state index in [-0.39, 0.29) is 11.8 Å². The summed E-state index contributed by atoms with van der Waals surface area (Å²) in [6, 6.07) is 9.77. The number of hydrogen-bond acceptors (Lipinski definition) is 3. The maximum Gasteiger partial charge on any atom is 0.228 e. The molecule has 2 aromatic rings. The number of carbonyl (C=O) groups is 1. The summed E-state index contributed by atoms with van der Waals surface area (Å²) in [5.41, 5.74) is 2.68. The first-order chi connectivity index (χ1) is 11.2. The molecular formula is C17H19N3O2S. The van der Waals surface area contributed by atoms with E-state index in [1.54, 1.807) is 4.68 Å². The van der Waals surface area contributed by atoms with Crippen LogP contribution in [0.3, 0.4) is 0 Å². The van der Waals surface area contributed by atoms with Crippen molar-refractivity contribution < 1.29 is 9.00 Å². The lowest BCUT2D eigenvalue weighted by molar-refractivity contribution is -0.119. The molecule has 2 heterocycles. The summed E-state index contributed by atoms with van der Waals surface area (Å²) in [5, 5.41) is 7.68. The molecule has 1 aliphatic heterocycles. The van der Waals surface area contributed by atoms with Crippen molar-refractivity contribution in [2.24, 2.45) is 5.92 Å². The third kappa shape index (κ3) is 2.72. The minimum absolute atomic E-state index is 0.0695. The second-order valence-electron chi connectivity index (χ2n) is 6.22. The molecule has 120 valence electrons. The minimum Gasteiger partial charge on any atom is -0.310 e. The molecule has 2 aliphatic rings. The van der Waals surface area contributed by atoms with E-state index in [0.29, 0.717) is 17.3 Å². The predicted molar refractivity (Wildman–Crippen MR) is 89.7 cm³/mol. The number of hydrogen-bond donors (Lipinski definition) is 1. The summed E-state index contributed by atoms with van der Waals surface area (Å²) in [7, 11) is -0.907. The molecule has 1 unspecified atom stereocenters. The lowest BCUT2D eigenvalue weighted by Gasteiger charge is -2.13. The Balaban J connectivity index is 1.71. The summed E-state index contributed by atoms with van der Waals surface area (Å²) in [6.07, 6.45) is 4.16. The number of rotatable bonds is 3. The van der Waals surface area contributed by atoms with Crippen molar-refractivity contribution >= 4 is 22.5 Å². The fourth-order valence-electron chi connectivity index (χ4n) is 3.42. The predicted octanol–water partition coefficient (Wildman–Crippen LogP) is 2.76. The monoisotopic (exact) mass is 329 g/mol. The third-order valence-electron chi connectivity index (χ3n) is 4.64. The molecule has 0 saturated heterocycles. The summed E-state index contributed by atoms with van der Waals surface area (Å²) >= 11 is 0. The van der Waals surface area contributed by atoms with Crippen LogP contribution >= 0.6 is 0 Å². The van der Waals surface area contributed by atoms with Crippen LogP contribution in [0.5, 0.6) is 0 Å². The van der Waals surface area contributed by atoms with Crippen molar-refractivity contribution in [3.8, 4) is 5.69 Å². The van der Waals surface area contributed by atoms with Crippen molar-refractivity contribution in [1.29, 1.82) is 0 Å². The molecule has 1 fully saturated rings. The highest BCUT2D eigenvalue weighted by atomic mass is 32.2. The summed E-state index contributed by atoms with van der Waals surface area (Å²) in [6.45, 7) is 0. The van der Waals surface area contributed by atoms with E-state index >= 15 is 0 Å². The fraction of sp³-hybridized carbons (Fsp3) is 0.412. The van der Waals surface area contributed by atoms with Crippen LogP contribution in [0.15, 0.2) is 30.3 Å². The van der Waals surface area contributed by atoms with Crippen molar-refractivity contribution in [3.05, 3.63) is 41.6 Å². The Bertz CT molecular complexity index is 764. The quantitative estimate of drug-likeness (QED) is 0.942. The van der Waals surface area contributed by atoms with Crippen molar-refractivity contribution in [1.82, 2.24) is 9.78 Å². The van der Waals surface area contributed by atoms with E-state index < -0.39 is 10.8 Å². The molecule has 1 atom stereocenters. The van der Waals surface area contributed by atoms with E-state index in [0.717, 1.165) is 42.6 Å². The molecule has 1 aromatic carbocycles. The smallest absolute Gasteiger partial charge is 0.228 e. The molecular weight excluding hydrogens is 310 g/mol. The van der Waals surface area contributed by atoms with Gasteiger partial charge in [0.2, 0.25) is 5.91 Å². The maximum atomic E-state index is 12.5. The summed E-state index contributed by atoms with van der Waals surface area (Å²) in [5.74, 6) is 1.81. The van der Waals surface area contributed by atoms with Gasteiger partial charge >= 0.3 is 0 Å². The van der Waals surface area contributed by atoms with E-state index in [1.807, 2.05) is 30.3 Å². The van der Waals surface area contributed by atoms with Gasteiger partial charge in [0.1, 0.15) is 5.82 Å². The van der Waals surface area contributed by atoms with Gasteiger partial charge in [-0.25, -0.2) is 4.68 Å².